The van der Waals surface area contributed by atoms with Crippen molar-refractivity contribution in [1.29, 1.82) is 0 Å². The molecule has 1 fully saturated rings. The van der Waals surface area contributed by atoms with E-state index in [4.69, 9.17) is 12.2 Å². The van der Waals surface area contributed by atoms with Gasteiger partial charge in [0.05, 0.1) is 6.42 Å². The maximum absolute atomic E-state index is 11.9. The number of aromatic amines is 1. The lowest BCUT2D eigenvalue weighted by atomic mass is 10.2. The van der Waals surface area contributed by atoms with Crippen molar-refractivity contribution in [2.45, 2.75) is 45.2 Å². The average Bonchev–Trinajstić information content (AvgIpc) is 3.06. The van der Waals surface area contributed by atoms with Crippen LogP contribution in [0.1, 0.15) is 30.3 Å². The molecule has 3 N–H and O–H groups in total. The summed E-state index contributed by atoms with van der Waals surface area (Å²) in [5.74, 6) is -0.277. The van der Waals surface area contributed by atoms with E-state index in [-0.39, 0.29) is 18.2 Å². The lowest BCUT2D eigenvalue weighted by molar-refractivity contribution is -0.128. The molecule has 0 aliphatic heterocycles. The first-order valence-electron chi connectivity index (χ1n) is 6.24. The molecule has 1 heterocycles. The number of nitrogens with one attached hydrogen (secondary N) is 3. The molecule has 0 aromatic carbocycles. The summed E-state index contributed by atoms with van der Waals surface area (Å²) >= 11 is 6.42. The van der Waals surface area contributed by atoms with Crippen LogP contribution in [0, 0.1) is 10.9 Å². The molecule has 1 aromatic heterocycles. The summed E-state index contributed by atoms with van der Waals surface area (Å²) in [6.45, 7) is 3.58. The Balaban J connectivity index is 1.84. The molecule has 0 spiro atoms. The van der Waals surface area contributed by atoms with Gasteiger partial charge in [0, 0.05) is 16.6 Å². The first-order chi connectivity index (χ1) is 8.95. The topological polar surface area (TPSA) is 74.0 Å². The third-order valence-electron chi connectivity index (χ3n) is 2.94. The van der Waals surface area contributed by atoms with Crippen LogP contribution in [0.4, 0.5) is 0 Å². The Kier molecular flexibility index (Phi) is 4.36. The molecule has 1 unspecified atom stereocenters. The highest BCUT2D eigenvalue weighted by molar-refractivity contribution is 7.73. The summed E-state index contributed by atoms with van der Waals surface area (Å²) in [6.07, 6.45) is 2.33. The van der Waals surface area contributed by atoms with Gasteiger partial charge in [0.15, 0.2) is 3.95 Å². The van der Waals surface area contributed by atoms with Crippen molar-refractivity contribution >= 4 is 35.4 Å². The van der Waals surface area contributed by atoms with Crippen LogP contribution in [0.2, 0.25) is 0 Å². The Morgan fingerprint density at radius 1 is 1.53 bits per heavy atom. The predicted octanol–water partition coefficient (Wildman–Crippen LogP) is 1.44. The van der Waals surface area contributed by atoms with Gasteiger partial charge in [0.25, 0.3) is 0 Å². The zero-order valence-corrected chi connectivity index (χ0v) is 12.5. The third-order valence-corrected chi connectivity index (χ3v) is 4.28. The number of rotatable bonds is 5. The lowest BCUT2D eigenvalue weighted by Crippen LogP contribution is -2.45. The monoisotopic (exact) mass is 299 g/mol. The number of aromatic nitrogens is 1. The number of carbonyl (C=O) groups excluding carboxylic acids is 2. The minimum atomic E-state index is -0.500. The molecule has 1 aliphatic rings. The summed E-state index contributed by atoms with van der Waals surface area (Å²) in [5.41, 5.74) is 0.917. The second-order valence-electron chi connectivity index (χ2n) is 4.81. The Bertz CT molecular complexity index is 545. The number of thiazole rings is 1. The summed E-state index contributed by atoms with van der Waals surface area (Å²) < 4.78 is 0.667. The Labute approximate surface area is 120 Å². The second-order valence-corrected chi connectivity index (χ2v) is 6.58. The van der Waals surface area contributed by atoms with E-state index in [1.807, 2.05) is 6.92 Å². The molecule has 0 radical (unpaired) electrons. The van der Waals surface area contributed by atoms with Crippen LogP contribution in [0.15, 0.2) is 0 Å². The van der Waals surface area contributed by atoms with Crippen LogP contribution < -0.4 is 10.6 Å². The fourth-order valence-corrected chi connectivity index (χ4v) is 2.95. The fraction of sp³-hybridized carbons (Fsp3) is 0.583. The Morgan fingerprint density at radius 3 is 2.74 bits per heavy atom. The van der Waals surface area contributed by atoms with Crippen molar-refractivity contribution in [2.75, 3.05) is 0 Å². The van der Waals surface area contributed by atoms with E-state index in [2.05, 4.69) is 15.6 Å². The molecule has 2 amide bonds. The van der Waals surface area contributed by atoms with E-state index in [9.17, 15) is 9.59 Å². The van der Waals surface area contributed by atoms with Crippen LogP contribution in [0.25, 0.3) is 0 Å². The van der Waals surface area contributed by atoms with Gasteiger partial charge in [-0.2, -0.15) is 0 Å². The molecular weight excluding hydrogens is 282 g/mol. The Morgan fingerprint density at radius 2 is 2.21 bits per heavy atom. The fourth-order valence-electron chi connectivity index (χ4n) is 1.66. The van der Waals surface area contributed by atoms with Crippen molar-refractivity contribution in [1.82, 2.24) is 15.6 Å². The van der Waals surface area contributed by atoms with Gasteiger partial charge in [-0.3, -0.25) is 9.59 Å². The van der Waals surface area contributed by atoms with Crippen LogP contribution >= 0.6 is 23.6 Å². The van der Waals surface area contributed by atoms with Gasteiger partial charge in [-0.25, -0.2) is 0 Å². The van der Waals surface area contributed by atoms with Gasteiger partial charge < -0.3 is 15.6 Å². The standard InChI is InChI=1S/C12H17N3O2S2/c1-6-9(19-12(18)14-6)5-10(16)13-7(2)11(17)15-8-3-4-8/h7-8H,3-5H2,1-2H3,(H,13,16)(H,14,18)(H,15,17). The van der Waals surface area contributed by atoms with Crippen molar-refractivity contribution in [3.63, 3.8) is 0 Å². The number of aryl methyl sites for hydroxylation is 1. The summed E-state index contributed by atoms with van der Waals surface area (Å²) in [4.78, 5) is 27.5. The number of hydrogen-bond acceptors (Lipinski definition) is 4. The number of H-pyrrole nitrogens is 1. The van der Waals surface area contributed by atoms with Crippen LogP contribution in [-0.2, 0) is 16.0 Å². The number of amides is 2. The molecule has 1 aliphatic carbocycles. The van der Waals surface area contributed by atoms with E-state index in [1.165, 1.54) is 11.3 Å². The average molecular weight is 299 g/mol. The molecule has 0 saturated heterocycles. The van der Waals surface area contributed by atoms with Gasteiger partial charge in [-0.15, -0.1) is 11.3 Å². The first kappa shape index (κ1) is 14.2. The van der Waals surface area contributed by atoms with Crippen LogP contribution in [0.3, 0.4) is 0 Å². The van der Waals surface area contributed by atoms with Crippen molar-refractivity contribution in [2.24, 2.45) is 0 Å². The second kappa shape index (κ2) is 5.83. The zero-order chi connectivity index (χ0) is 14.0. The molecule has 19 heavy (non-hydrogen) atoms. The van der Waals surface area contributed by atoms with Crippen molar-refractivity contribution < 1.29 is 9.59 Å². The summed E-state index contributed by atoms with van der Waals surface area (Å²) in [7, 11) is 0. The normalized spacial score (nSPS) is 15.9. The molecule has 1 aromatic rings. The molecule has 2 rings (SSSR count). The first-order valence-corrected chi connectivity index (χ1v) is 7.46. The maximum atomic E-state index is 11.9. The van der Waals surface area contributed by atoms with E-state index >= 15 is 0 Å². The molecule has 7 heteroatoms. The molecule has 104 valence electrons. The molecule has 0 bridgehead atoms. The van der Waals surface area contributed by atoms with Gasteiger partial charge in [0.2, 0.25) is 11.8 Å². The molecule has 1 saturated carbocycles. The summed E-state index contributed by atoms with van der Waals surface area (Å²) in [5, 5.41) is 5.57. The Hall–Kier alpha value is -1.21. The van der Waals surface area contributed by atoms with Gasteiger partial charge in [-0.05, 0) is 38.9 Å². The highest BCUT2D eigenvalue weighted by atomic mass is 32.1. The largest absolute Gasteiger partial charge is 0.352 e. The van der Waals surface area contributed by atoms with Gasteiger partial charge in [-0.1, -0.05) is 0 Å². The van der Waals surface area contributed by atoms with Gasteiger partial charge >= 0.3 is 0 Å². The van der Waals surface area contributed by atoms with Crippen LogP contribution in [-0.4, -0.2) is 28.9 Å². The number of carbonyl (C=O) groups is 2. The van der Waals surface area contributed by atoms with E-state index < -0.39 is 6.04 Å². The van der Waals surface area contributed by atoms with Crippen molar-refractivity contribution in [3.8, 4) is 0 Å². The van der Waals surface area contributed by atoms with Gasteiger partial charge in [0.1, 0.15) is 6.04 Å². The third kappa shape index (κ3) is 4.14. The molecular formula is C12H17N3O2S2. The minimum Gasteiger partial charge on any atom is -0.352 e. The SMILES string of the molecule is Cc1[nH]c(=S)sc1CC(=O)NC(C)C(=O)NC1CC1. The zero-order valence-electron chi connectivity index (χ0n) is 10.9. The number of hydrogen-bond donors (Lipinski definition) is 3. The quantitative estimate of drug-likeness (QED) is 0.720. The summed E-state index contributed by atoms with van der Waals surface area (Å²) in [6, 6.07) is -0.191. The lowest BCUT2D eigenvalue weighted by Gasteiger charge is -2.13. The molecule has 5 nitrogen and oxygen atoms in total. The van der Waals surface area contributed by atoms with E-state index in [1.54, 1.807) is 6.92 Å². The predicted molar refractivity (Wildman–Crippen MR) is 76.7 cm³/mol. The van der Waals surface area contributed by atoms with E-state index in [0.717, 1.165) is 23.4 Å². The highest BCUT2D eigenvalue weighted by Crippen LogP contribution is 2.18. The minimum absolute atomic E-state index is 0.116. The maximum Gasteiger partial charge on any atom is 0.242 e. The van der Waals surface area contributed by atoms with E-state index in [0.29, 0.717) is 10.00 Å². The highest BCUT2D eigenvalue weighted by Gasteiger charge is 2.26. The van der Waals surface area contributed by atoms with Crippen molar-refractivity contribution in [3.05, 3.63) is 14.5 Å². The molecule has 1 atom stereocenters. The van der Waals surface area contributed by atoms with Crippen LogP contribution in [0.5, 0.6) is 0 Å². The smallest absolute Gasteiger partial charge is 0.242 e.